The minimum atomic E-state index is -3.99. The van der Waals surface area contributed by atoms with Gasteiger partial charge in [0.15, 0.2) is 5.69 Å². The van der Waals surface area contributed by atoms with Gasteiger partial charge in [-0.05, 0) is 43.3 Å². The maximum absolute atomic E-state index is 13.3. The zero-order chi connectivity index (χ0) is 26.7. The lowest BCUT2D eigenvalue weighted by molar-refractivity contribution is -0.117. The van der Waals surface area contributed by atoms with Gasteiger partial charge in [-0.3, -0.25) is 13.9 Å². The first-order chi connectivity index (χ1) is 17.6. The predicted octanol–water partition coefficient (Wildman–Crippen LogP) is 3.60. The average Bonchev–Trinajstić information content (AvgIpc) is 2.87. The number of carboxylic acid groups (broad SMARTS) is 1. The van der Waals surface area contributed by atoms with E-state index in [-0.39, 0.29) is 38.6 Å². The second kappa shape index (κ2) is 10.4. The van der Waals surface area contributed by atoms with E-state index < -0.39 is 34.0 Å². The molecule has 1 aromatic heterocycles. The molecule has 1 amide bonds. The van der Waals surface area contributed by atoms with Gasteiger partial charge in [-0.2, -0.15) is 5.10 Å². The number of sulfonamides is 1. The molecule has 1 heterocycles. The number of carbonyl (C=O) groups excluding carboxylic acids is 1. The summed E-state index contributed by atoms with van der Waals surface area (Å²) in [4.78, 5) is 37.2. The van der Waals surface area contributed by atoms with E-state index in [0.717, 1.165) is 4.68 Å². The van der Waals surface area contributed by atoms with Gasteiger partial charge in [0.1, 0.15) is 6.54 Å². The number of halogens is 1. The number of amides is 1. The maximum Gasteiger partial charge on any atom is 0.357 e. The molecule has 0 aliphatic carbocycles. The summed E-state index contributed by atoms with van der Waals surface area (Å²) >= 11 is 6.21. The highest BCUT2D eigenvalue weighted by Gasteiger charge is 2.25. The van der Waals surface area contributed by atoms with Crippen LogP contribution in [-0.4, -0.2) is 41.7 Å². The molecule has 10 nitrogen and oxygen atoms in total. The molecule has 190 valence electrons. The van der Waals surface area contributed by atoms with Gasteiger partial charge < -0.3 is 10.4 Å². The number of aromatic nitrogens is 2. The summed E-state index contributed by atoms with van der Waals surface area (Å²) in [6.45, 7) is 1.24. The van der Waals surface area contributed by atoms with E-state index in [2.05, 4.69) is 10.4 Å². The van der Waals surface area contributed by atoms with Gasteiger partial charge in [0.05, 0.1) is 26.7 Å². The number of hydrogen-bond acceptors (Lipinski definition) is 6. The number of carboxylic acids is 1. The van der Waals surface area contributed by atoms with Crippen molar-refractivity contribution in [2.24, 2.45) is 0 Å². The SMILES string of the molecule is CCN(c1ccccc1)S(=O)(=O)c1ccc(Cl)c(NC(=O)Cn2nc(C(=O)O)c3ccccc3c2=O)c1. The van der Waals surface area contributed by atoms with Crippen molar-refractivity contribution in [3.8, 4) is 0 Å². The van der Waals surface area contributed by atoms with Crippen LogP contribution in [0.2, 0.25) is 5.02 Å². The molecule has 2 N–H and O–H groups in total. The van der Waals surface area contributed by atoms with Crippen molar-refractivity contribution in [3.63, 3.8) is 0 Å². The van der Waals surface area contributed by atoms with Crippen molar-refractivity contribution in [2.45, 2.75) is 18.4 Å². The lowest BCUT2D eigenvalue weighted by atomic mass is 10.1. The largest absolute Gasteiger partial charge is 0.476 e. The van der Waals surface area contributed by atoms with Crippen molar-refractivity contribution >= 4 is 55.6 Å². The first-order valence-electron chi connectivity index (χ1n) is 11.0. The third kappa shape index (κ3) is 5.18. The third-order valence-electron chi connectivity index (χ3n) is 5.49. The molecule has 0 radical (unpaired) electrons. The summed E-state index contributed by atoms with van der Waals surface area (Å²) in [6, 6.07) is 18.5. The zero-order valence-corrected chi connectivity index (χ0v) is 21.0. The molecule has 0 aliphatic rings. The first-order valence-corrected chi connectivity index (χ1v) is 12.9. The van der Waals surface area contributed by atoms with Crippen LogP contribution in [0.5, 0.6) is 0 Å². The van der Waals surface area contributed by atoms with Crippen LogP contribution >= 0.6 is 11.6 Å². The van der Waals surface area contributed by atoms with Crippen molar-refractivity contribution in [1.29, 1.82) is 0 Å². The summed E-state index contributed by atoms with van der Waals surface area (Å²) in [5, 5.41) is 16.1. The number of anilines is 2. The quantitative estimate of drug-likeness (QED) is 0.348. The number of nitrogens with zero attached hydrogens (tertiary/aromatic N) is 3. The predicted molar refractivity (Wildman–Crippen MR) is 140 cm³/mol. The van der Waals surface area contributed by atoms with Crippen LogP contribution in [0.1, 0.15) is 17.4 Å². The molecule has 0 aliphatic heterocycles. The smallest absolute Gasteiger partial charge is 0.357 e. The number of benzene rings is 3. The maximum atomic E-state index is 13.3. The second-order valence-electron chi connectivity index (χ2n) is 7.86. The van der Waals surface area contributed by atoms with E-state index in [9.17, 15) is 27.9 Å². The molecular weight excluding hydrogens is 520 g/mol. The van der Waals surface area contributed by atoms with Gasteiger partial charge in [0.25, 0.3) is 15.6 Å². The van der Waals surface area contributed by atoms with E-state index in [0.29, 0.717) is 5.69 Å². The zero-order valence-electron chi connectivity index (χ0n) is 19.5. The van der Waals surface area contributed by atoms with Crippen LogP contribution in [0, 0.1) is 0 Å². The van der Waals surface area contributed by atoms with Gasteiger partial charge in [-0.15, -0.1) is 0 Å². The number of nitrogens with one attached hydrogen (secondary N) is 1. The van der Waals surface area contributed by atoms with Gasteiger partial charge in [0.2, 0.25) is 5.91 Å². The molecular formula is C25H21ClN4O6S. The number of para-hydroxylation sites is 1. The Balaban J connectivity index is 1.64. The standard InChI is InChI=1S/C25H21ClN4O6S/c1-2-30(16-8-4-3-5-9-16)37(35,36)17-12-13-20(26)21(14-17)27-22(31)15-29-24(32)19-11-7-6-10-18(19)23(28-29)25(33)34/h3-14H,2,15H2,1H3,(H,27,31)(H,33,34). The number of rotatable bonds is 8. The van der Waals surface area contributed by atoms with E-state index in [1.165, 1.54) is 34.6 Å². The van der Waals surface area contributed by atoms with Gasteiger partial charge in [-0.25, -0.2) is 17.9 Å². The Labute approximate surface area is 216 Å². The molecule has 37 heavy (non-hydrogen) atoms. The highest BCUT2D eigenvalue weighted by molar-refractivity contribution is 7.92. The summed E-state index contributed by atoms with van der Waals surface area (Å²) in [5.74, 6) is -2.11. The van der Waals surface area contributed by atoms with Crippen LogP contribution in [0.4, 0.5) is 11.4 Å². The Morgan fingerprint density at radius 1 is 1.03 bits per heavy atom. The van der Waals surface area contributed by atoms with Gasteiger partial charge >= 0.3 is 5.97 Å². The molecule has 0 spiro atoms. The number of carbonyl (C=O) groups is 2. The fourth-order valence-electron chi connectivity index (χ4n) is 3.80. The van der Waals surface area contributed by atoms with E-state index in [4.69, 9.17) is 11.6 Å². The first kappa shape index (κ1) is 25.9. The normalized spacial score (nSPS) is 11.3. The fourth-order valence-corrected chi connectivity index (χ4v) is 5.46. The highest BCUT2D eigenvalue weighted by atomic mass is 35.5. The molecule has 3 aromatic carbocycles. The Hall–Kier alpha value is -4.22. The fraction of sp³-hybridized carbons (Fsp3) is 0.120. The highest BCUT2D eigenvalue weighted by Crippen LogP contribution is 2.29. The number of aromatic carboxylic acids is 1. The van der Waals surface area contributed by atoms with Crippen LogP contribution in [0.3, 0.4) is 0 Å². The van der Waals surface area contributed by atoms with Crippen molar-refractivity contribution in [3.05, 3.63) is 93.9 Å². The minimum Gasteiger partial charge on any atom is -0.476 e. The summed E-state index contributed by atoms with van der Waals surface area (Å²) in [7, 11) is -3.99. The van der Waals surface area contributed by atoms with Gasteiger partial charge in [0, 0.05) is 11.9 Å². The Kier molecular flexibility index (Phi) is 7.28. The number of fused-ring (bicyclic) bond motifs is 1. The monoisotopic (exact) mass is 540 g/mol. The van der Waals surface area contributed by atoms with Crippen LogP contribution < -0.4 is 15.2 Å². The Bertz CT molecular complexity index is 1670. The van der Waals surface area contributed by atoms with Crippen molar-refractivity contribution in [2.75, 3.05) is 16.2 Å². The molecule has 0 saturated heterocycles. The van der Waals surface area contributed by atoms with Crippen LogP contribution in [0.25, 0.3) is 10.8 Å². The van der Waals surface area contributed by atoms with E-state index in [1.54, 1.807) is 49.4 Å². The summed E-state index contributed by atoms with van der Waals surface area (Å²) in [5.41, 5.74) is -0.556. The lowest BCUT2D eigenvalue weighted by Gasteiger charge is -2.23. The Morgan fingerprint density at radius 3 is 2.32 bits per heavy atom. The topological polar surface area (TPSA) is 139 Å². The summed E-state index contributed by atoms with van der Waals surface area (Å²) < 4.78 is 28.6. The van der Waals surface area contributed by atoms with Crippen molar-refractivity contribution in [1.82, 2.24) is 9.78 Å². The van der Waals surface area contributed by atoms with Crippen molar-refractivity contribution < 1.29 is 23.1 Å². The van der Waals surface area contributed by atoms with Gasteiger partial charge in [-0.1, -0.05) is 48.0 Å². The molecule has 0 fully saturated rings. The molecule has 0 atom stereocenters. The molecule has 4 aromatic rings. The molecule has 4 rings (SSSR count). The molecule has 0 unspecified atom stereocenters. The molecule has 0 saturated carbocycles. The van der Waals surface area contributed by atoms with Crippen LogP contribution in [-0.2, 0) is 21.4 Å². The second-order valence-corrected chi connectivity index (χ2v) is 10.1. The summed E-state index contributed by atoms with van der Waals surface area (Å²) in [6.07, 6.45) is 0. The van der Waals surface area contributed by atoms with Crippen LogP contribution in [0.15, 0.2) is 82.5 Å². The van der Waals surface area contributed by atoms with E-state index in [1.807, 2.05) is 0 Å². The number of hydrogen-bond donors (Lipinski definition) is 2. The average molecular weight is 541 g/mol. The third-order valence-corrected chi connectivity index (χ3v) is 7.72. The molecule has 0 bridgehead atoms. The van der Waals surface area contributed by atoms with E-state index >= 15 is 0 Å². The lowest BCUT2D eigenvalue weighted by Crippen LogP contribution is -2.32. The minimum absolute atomic E-state index is 0.00385. The Morgan fingerprint density at radius 2 is 1.68 bits per heavy atom. The molecule has 12 heteroatoms.